The Morgan fingerprint density at radius 1 is 1.10 bits per heavy atom. The third-order valence-corrected chi connectivity index (χ3v) is 3.74. The molecule has 0 spiro atoms. The lowest BCUT2D eigenvalue weighted by molar-refractivity contribution is 0.864. The van der Waals surface area contributed by atoms with Crippen molar-refractivity contribution in [3.8, 4) is 0 Å². The molecule has 20 heavy (non-hydrogen) atoms. The van der Waals surface area contributed by atoms with E-state index in [0.29, 0.717) is 5.16 Å². The fraction of sp³-hybridized carbons (Fsp3) is 0.429. The average Bonchev–Trinajstić information content (AvgIpc) is 2.45. The highest BCUT2D eigenvalue weighted by Crippen LogP contribution is 2.29. The predicted octanol–water partition coefficient (Wildman–Crippen LogP) is 3.03. The quantitative estimate of drug-likeness (QED) is 0.674. The summed E-state index contributed by atoms with van der Waals surface area (Å²) in [6, 6.07) is 0. The number of nitrogens with zero attached hydrogens (tertiary/aromatic N) is 4. The first-order chi connectivity index (χ1) is 9.63. The first-order valence-electron chi connectivity index (χ1n) is 6.71. The lowest BCUT2D eigenvalue weighted by atomic mass is 10.3. The minimum Gasteiger partial charge on any atom is -0.370 e. The second kappa shape index (κ2) is 6.65. The first-order valence-corrected chi connectivity index (χ1v) is 7.53. The molecule has 0 aromatic carbocycles. The molecule has 0 aliphatic rings. The van der Waals surface area contributed by atoms with Crippen LogP contribution in [0.25, 0.3) is 0 Å². The Balaban J connectivity index is 2.34. The average molecular weight is 289 g/mol. The molecular weight excluding hydrogens is 270 g/mol. The zero-order chi connectivity index (χ0) is 14.5. The lowest BCUT2D eigenvalue weighted by Crippen LogP contribution is -2.07. The zero-order valence-corrected chi connectivity index (χ0v) is 13.1. The summed E-state index contributed by atoms with van der Waals surface area (Å²) in [7, 11) is 0. The highest BCUT2D eigenvalue weighted by molar-refractivity contribution is 7.99. The molecule has 0 aliphatic carbocycles. The van der Waals surface area contributed by atoms with E-state index in [1.165, 1.54) is 11.8 Å². The number of nitrogens with one attached hydrogen (secondary N) is 1. The molecule has 0 unspecified atom stereocenters. The van der Waals surface area contributed by atoms with Gasteiger partial charge in [0.1, 0.15) is 16.7 Å². The topological polar surface area (TPSA) is 63.6 Å². The second-order valence-corrected chi connectivity index (χ2v) is 5.40. The minimum atomic E-state index is 0.710. The van der Waals surface area contributed by atoms with Gasteiger partial charge in [0.15, 0.2) is 5.16 Å². The molecular formula is C14H19N5S. The number of aryl methyl sites for hydroxylation is 2. The fourth-order valence-electron chi connectivity index (χ4n) is 1.66. The maximum Gasteiger partial charge on any atom is 0.193 e. The molecule has 2 heterocycles. The Morgan fingerprint density at radius 3 is 2.40 bits per heavy atom. The largest absolute Gasteiger partial charge is 0.370 e. The van der Waals surface area contributed by atoms with Gasteiger partial charge in [-0.3, -0.25) is 0 Å². The fourth-order valence-corrected chi connectivity index (χ4v) is 2.44. The molecule has 5 nitrogen and oxygen atoms in total. The van der Waals surface area contributed by atoms with Gasteiger partial charge in [-0.1, -0.05) is 6.92 Å². The minimum absolute atomic E-state index is 0.710. The van der Waals surface area contributed by atoms with Crippen LogP contribution < -0.4 is 5.32 Å². The van der Waals surface area contributed by atoms with Gasteiger partial charge in [0, 0.05) is 30.9 Å². The Kier molecular flexibility index (Phi) is 4.89. The van der Waals surface area contributed by atoms with Gasteiger partial charge in [-0.2, -0.15) is 0 Å². The molecule has 1 N–H and O–H groups in total. The molecule has 0 aliphatic heterocycles. The summed E-state index contributed by atoms with van der Waals surface area (Å²) in [6.45, 7) is 8.95. The molecule has 0 saturated heterocycles. The van der Waals surface area contributed by atoms with Crippen molar-refractivity contribution >= 4 is 17.6 Å². The van der Waals surface area contributed by atoms with Gasteiger partial charge in [0.2, 0.25) is 0 Å². The van der Waals surface area contributed by atoms with E-state index in [0.717, 1.165) is 40.8 Å². The Labute approximate surface area is 123 Å². The maximum atomic E-state index is 4.58. The van der Waals surface area contributed by atoms with Crippen LogP contribution in [0.4, 0.5) is 5.82 Å². The number of hydrogen-bond donors (Lipinski definition) is 1. The van der Waals surface area contributed by atoms with Crippen molar-refractivity contribution in [2.75, 3.05) is 11.9 Å². The van der Waals surface area contributed by atoms with Gasteiger partial charge in [0.25, 0.3) is 0 Å². The molecule has 106 valence electrons. The summed E-state index contributed by atoms with van der Waals surface area (Å²) in [5.41, 5.74) is 2.09. The van der Waals surface area contributed by atoms with E-state index in [1.54, 1.807) is 0 Å². The van der Waals surface area contributed by atoms with E-state index < -0.39 is 0 Å². The van der Waals surface area contributed by atoms with Gasteiger partial charge in [-0.05, 0) is 38.1 Å². The third kappa shape index (κ3) is 3.45. The summed E-state index contributed by atoms with van der Waals surface area (Å²) in [6.07, 6.45) is 4.44. The van der Waals surface area contributed by atoms with E-state index in [2.05, 4.69) is 39.1 Å². The molecule has 2 aromatic rings. The summed E-state index contributed by atoms with van der Waals surface area (Å²) in [5, 5.41) is 4.90. The van der Waals surface area contributed by atoms with Crippen molar-refractivity contribution in [3.63, 3.8) is 0 Å². The molecule has 0 radical (unpaired) electrons. The smallest absolute Gasteiger partial charge is 0.193 e. The van der Waals surface area contributed by atoms with Crippen molar-refractivity contribution in [2.24, 2.45) is 0 Å². The van der Waals surface area contributed by atoms with Gasteiger partial charge in [-0.15, -0.1) is 0 Å². The van der Waals surface area contributed by atoms with Crippen LogP contribution in [0.3, 0.4) is 0 Å². The molecule has 6 heteroatoms. The molecule has 0 atom stereocenters. The Morgan fingerprint density at radius 2 is 1.80 bits per heavy atom. The van der Waals surface area contributed by atoms with Crippen molar-refractivity contribution < 1.29 is 0 Å². The van der Waals surface area contributed by atoms with Crippen LogP contribution in [0.2, 0.25) is 0 Å². The van der Waals surface area contributed by atoms with E-state index in [1.807, 2.05) is 26.2 Å². The molecule has 2 rings (SSSR count). The molecule has 0 bridgehead atoms. The van der Waals surface area contributed by atoms with E-state index in [-0.39, 0.29) is 0 Å². The lowest BCUT2D eigenvalue weighted by Gasteiger charge is -2.11. The van der Waals surface area contributed by atoms with Gasteiger partial charge in [-0.25, -0.2) is 19.9 Å². The Bertz CT molecular complexity index is 583. The van der Waals surface area contributed by atoms with Gasteiger partial charge in [0.05, 0.1) is 0 Å². The van der Waals surface area contributed by atoms with Crippen LogP contribution >= 0.6 is 11.8 Å². The third-order valence-electron chi connectivity index (χ3n) is 2.75. The van der Waals surface area contributed by atoms with Gasteiger partial charge < -0.3 is 5.32 Å². The second-order valence-electron chi connectivity index (χ2n) is 4.45. The Hall–Kier alpha value is -1.69. The van der Waals surface area contributed by atoms with Crippen LogP contribution in [0.1, 0.15) is 30.8 Å². The zero-order valence-electron chi connectivity index (χ0n) is 12.3. The summed E-state index contributed by atoms with van der Waals surface area (Å²) >= 11 is 1.48. The highest BCUT2D eigenvalue weighted by atomic mass is 32.2. The number of aromatic nitrogens is 4. The highest BCUT2D eigenvalue weighted by Gasteiger charge is 2.12. The summed E-state index contributed by atoms with van der Waals surface area (Å²) in [4.78, 5) is 17.7. The van der Waals surface area contributed by atoms with Crippen molar-refractivity contribution in [1.82, 2.24) is 19.9 Å². The predicted molar refractivity (Wildman–Crippen MR) is 81.2 cm³/mol. The monoisotopic (exact) mass is 289 g/mol. The summed E-state index contributed by atoms with van der Waals surface area (Å²) < 4.78 is 0. The number of anilines is 1. The van der Waals surface area contributed by atoms with E-state index in [4.69, 9.17) is 0 Å². The van der Waals surface area contributed by atoms with Crippen LogP contribution in [-0.4, -0.2) is 26.5 Å². The van der Waals surface area contributed by atoms with Crippen molar-refractivity contribution in [2.45, 2.75) is 44.3 Å². The molecule has 0 saturated carbocycles. The van der Waals surface area contributed by atoms with Crippen molar-refractivity contribution in [1.29, 1.82) is 0 Å². The summed E-state index contributed by atoms with van der Waals surface area (Å²) in [5.74, 6) is 1.73. The van der Waals surface area contributed by atoms with Crippen molar-refractivity contribution in [3.05, 3.63) is 29.3 Å². The normalized spacial score (nSPS) is 10.6. The van der Waals surface area contributed by atoms with Crippen LogP contribution in [-0.2, 0) is 6.42 Å². The SMILES string of the molecule is CCNc1nc(CC)nc(Sc2ncc(C)cn2)c1C. The number of rotatable bonds is 5. The molecule has 0 fully saturated rings. The number of hydrogen-bond acceptors (Lipinski definition) is 6. The van der Waals surface area contributed by atoms with E-state index >= 15 is 0 Å². The first kappa shape index (κ1) is 14.7. The van der Waals surface area contributed by atoms with Gasteiger partial charge >= 0.3 is 0 Å². The van der Waals surface area contributed by atoms with E-state index in [9.17, 15) is 0 Å². The maximum absolute atomic E-state index is 4.58. The van der Waals surface area contributed by atoms with Crippen LogP contribution in [0.15, 0.2) is 22.6 Å². The van der Waals surface area contributed by atoms with Crippen LogP contribution in [0, 0.1) is 13.8 Å². The molecule has 2 aromatic heterocycles. The van der Waals surface area contributed by atoms with Crippen LogP contribution in [0.5, 0.6) is 0 Å². The molecule has 0 amide bonds. The standard InChI is InChI=1S/C14H19N5S/c1-5-11-18-12(15-6-2)10(4)13(19-11)20-14-16-7-9(3)8-17-14/h7-8H,5-6H2,1-4H3,(H,15,18,19).